The Balaban J connectivity index is 0.943. The fourth-order valence-corrected chi connectivity index (χ4v) is 9.71. The number of unbranched alkanes of at least 4 members (excludes halogenated alkanes) is 1. The summed E-state index contributed by atoms with van der Waals surface area (Å²) in [6.45, 7) is 2.63. The molecule has 1 aliphatic carbocycles. The Morgan fingerprint density at radius 1 is 0.638 bits per heavy atom. The van der Waals surface area contributed by atoms with E-state index in [0.717, 1.165) is 55.4 Å². The van der Waals surface area contributed by atoms with E-state index < -0.39 is 35.5 Å². The smallest absolute Gasteiger partial charge is 0.407 e. The van der Waals surface area contributed by atoms with Gasteiger partial charge in [0, 0.05) is 35.1 Å². The zero-order valence-electron chi connectivity index (χ0n) is 38.7. The van der Waals surface area contributed by atoms with Crippen LogP contribution in [0.1, 0.15) is 69.7 Å². The predicted molar refractivity (Wildman–Crippen MR) is 273 cm³/mol. The van der Waals surface area contributed by atoms with Gasteiger partial charge in [-0.05, 0) is 101 Å². The first kappa shape index (κ1) is 46.3. The number of aliphatic hydroxyl groups is 1. The van der Waals surface area contributed by atoms with E-state index in [1.54, 1.807) is 24.3 Å². The number of anilines is 1. The van der Waals surface area contributed by atoms with Crippen LogP contribution in [0.25, 0.3) is 22.0 Å². The van der Waals surface area contributed by atoms with Crippen molar-refractivity contribution in [2.45, 2.75) is 62.8 Å². The van der Waals surface area contributed by atoms with Gasteiger partial charge >= 0.3 is 6.09 Å². The number of carbonyl (C=O) groups excluding carboxylic acids is 3. The molecule has 1 aromatic heterocycles. The van der Waals surface area contributed by atoms with E-state index >= 15 is 0 Å². The van der Waals surface area contributed by atoms with Gasteiger partial charge in [-0.2, -0.15) is 0 Å². The summed E-state index contributed by atoms with van der Waals surface area (Å²) < 4.78 is 5.96. The fourth-order valence-electron chi connectivity index (χ4n) is 9.71. The Kier molecular flexibility index (Phi) is 14.4. The molecule has 10 nitrogen and oxygen atoms in total. The number of amides is 3. The van der Waals surface area contributed by atoms with Crippen LogP contribution in [-0.2, 0) is 32.9 Å². The molecule has 0 spiro atoms. The van der Waals surface area contributed by atoms with E-state index in [0.29, 0.717) is 37.1 Å². The van der Waals surface area contributed by atoms with Crippen molar-refractivity contribution < 1.29 is 24.2 Å². The summed E-state index contributed by atoms with van der Waals surface area (Å²) in [7, 11) is 0. The van der Waals surface area contributed by atoms with E-state index in [4.69, 9.17) is 4.74 Å². The Labute approximate surface area is 403 Å². The highest BCUT2D eigenvalue weighted by molar-refractivity contribution is 5.98. The van der Waals surface area contributed by atoms with Crippen LogP contribution in [0.5, 0.6) is 0 Å². The number of fused-ring (bicyclic) bond motifs is 4. The molecule has 0 saturated heterocycles. The number of alkyl carbamates (subject to hydrolysis) is 1. The van der Waals surface area contributed by atoms with E-state index in [9.17, 15) is 19.5 Å². The minimum absolute atomic E-state index is 0.0785. The summed E-state index contributed by atoms with van der Waals surface area (Å²) >= 11 is 0. The van der Waals surface area contributed by atoms with Crippen LogP contribution < -0.4 is 21.3 Å². The molecule has 348 valence electrons. The molecule has 0 aliphatic heterocycles. The van der Waals surface area contributed by atoms with Crippen LogP contribution in [-0.4, -0.2) is 53.2 Å². The molecule has 0 bridgehead atoms. The number of aryl methyl sites for hydroxylation is 1. The van der Waals surface area contributed by atoms with Gasteiger partial charge in [-0.15, -0.1) is 0 Å². The topological polar surface area (TPSA) is 145 Å². The Morgan fingerprint density at radius 3 is 1.88 bits per heavy atom. The van der Waals surface area contributed by atoms with Crippen molar-refractivity contribution in [2.24, 2.45) is 0 Å². The number of aliphatic hydroxyl groups excluding tert-OH is 1. The molecule has 6 N–H and O–H groups in total. The number of benzene rings is 7. The number of nitrogens with one attached hydrogen (secondary N) is 5. The summed E-state index contributed by atoms with van der Waals surface area (Å²) in [6.07, 6.45) is 2.82. The summed E-state index contributed by atoms with van der Waals surface area (Å²) in [5.74, 6) is -1.09. The van der Waals surface area contributed by atoms with E-state index in [1.165, 1.54) is 5.56 Å². The molecule has 7 aromatic carbocycles. The molecule has 2 atom stereocenters. The van der Waals surface area contributed by atoms with Crippen molar-refractivity contribution in [3.05, 3.63) is 233 Å². The number of H-pyrrole nitrogens is 1. The molecule has 0 radical (unpaired) electrons. The maximum absolute atomic E-state index is 14.7. The highest BCUT2D eigenvalue weighted by atomic mass is 16.5. The van der Waals surface area contributed by atoms with Gasteiger partial charge < -0.3 is 30.8 Å². The standard InChI is InChI=1S/C59H57N5O5/c1-40-27-31-45(32-28-40)59(43-16-4-2-5-17-43,44-18-6-3-7-19-44)61-35-15-14-26-54(56(66)62-46-33-29-41(38-65)30-34-46)63-57(67)55(36-42-37-60-53-25-13-12-20-47(42)53)64-58(68)69-39-52-50-23-10-8-21-48(50)49-22-9-11-24-51(49)52/h2-13,16-25,27-34,37,52,54-55,60-61,65H,14-15,26,35-36,38-39H2,1H3,(H,62,66)(H,63,67)(H,64,68)/t54-,55-/m0/s1. The molecule has 8 aromatic rings. The quantitative estimate of drug-likeness (QED) is 0.0352. The van der Waals surface area contributed by atoms with Gasteiger partial charge in [0.2, 0.25) is 11.8 Å². The summed E-state index contributed by atoms with van der Waals surface area (Å²) in [5.41, 5.74) is 11.1. The molecule has 69 heavy (non-hydrogen) atoms. The maximum atomic E-state index is 14.7. The van der Waals surface area contributed by atoms with E-state index in [1.807, 2.05) is 66.9 Å². The lowest BCUT2D eigenvalue weighted by Crippen LogP contribution is -2.53. The number of hydrogen-bond donors (Lipinski definition) is 6. The van der Waals surface area contributed by atoms with Crippen LogP contribution in [0, 0.1) is 6.92 Å². The second kappa shape index (κ2) is 21.4. The second-order valence-corrected chi connectivity index (χ2v) is 17.8. The first-order valence-electron chi connectivity index (χ1n) is 23.7. The van der Waals surface area contributed by atoms with Gasteiger partial charge in [0.25, 0.3) is 0 Å². The molecule has 0 saturated carbocycles. The third-order valence-corrected chi connectivity index (χ3v) is 13.3. The summed E-state index contributed by atoms with van der Waals surface area (Å²) in [6, 6.07) is 58.4. The van der Waals surface area contributed by atoms with Crippen LogP contribution in [0.15, 0.2) is 188 Å². The van der Waals surface area contributed by atoms with Crippen LogP contribution in [0.3, 0.4) is 0 Å². The molecular weight excluding hydrogens is 859 g/mol. The first-order chi connectivity index (χ1) is 33.8. The third-order valence-electron chi connectivity index (χ3n) is 13.3. The Hall–Kier alpha value is -7.79. The Morgan fingerprint density at radius 2 is 1.23 bits per heavy atom. The lowest BCUT2D eigenvalue weighted by atomic mass is 9.76. The highest BCUT2D eigenvalue weighted by Crippen LogP contribution is 2.44. The van der Waals surface area contributed by atoms with Crippen molar-refractivity contribution in [1.29, 1.82) is 0 Å². The number of rotatable bonds is 19. The van der Waals surface area contributed by atoms with E-state index in [-0.39, 0.29) is 25.6 Å². The SMILES string of the molecule is Cc1ccc(C(NCCCC[C@H](NC(=O)[C@H](Cc2c[nH]c3ccccc23)NC(=O)OCC2c3ccccc3-c3ccccc32)C(=O)Nc2ccc(CO)cc2)(c2ccccc2)c2ccccc2)cc1. The van der Waals surface area contributed by atoms with E-state index in [2.05, 4.69) is 130 Å². The maximum Gasteiger partial charge on any atom is 0.407 e. The number of para-hydroxylation sites is 1. The molecule has 1 aliphatic rings. The van der Waals surface area contributed by atoms with Gasteiger partial charge in [0.05, 0.1) is 12.1 Å². The molecule has 3 amide bonds. The number of aromatic nitrogens is 1. The number of carbonyl (C=O) groups is 3. The largest absolute Gasteiger partial charge is 0.449 e. The van der Waals surface area contributed by atoms with Gasteiger partial charge in [-0.3, -0.25) is 14.9 Å². The van der Waals surface area contributed by atoms with Crippen molar-refractivity contribution in [1.82, 2.24) is 20.9 Å². The predicted octanol–water partition coefficient (Wildman–Crippen LogP) is 10.3. The fraction of sp³-hybridized carbons (Fsp3) is 0.203. The monoisotopic (exact) mass is 915 g/mol. The van der Waals surface area contributed by atoms with Crippen molar-refractivity contribution >= 4 is 34.5 Å². The average Bonchev–Trinajstić information content (AvgIpc) is 3.95. The minimum atomic E-state index is -1.09. The molecule has 0 unspecified atom stereocenters. The molecule has 0 fully saturated rings. The van der Waals surface area contributed by atoms with Gasteiger partial charge in [-0.25, -0.2) is 4.79 Å². The highest BCUT2D eigenvalue weighted by Gasteiger charge is 2.36. The number of ether oxygens (including phenoxy) is 1. The van der Waals surface area contributed by atoms with Crippen LogP contribution in [0.4, 0.5) is 10.5 Å². The van der Waals surface area contributed by atoms with Crippen molar-refractivity contribution in [3.63, 3.8) is 0 Å². The van der Waals surface area contributed by atoms with Crippen molar-refractivity contribution in [3.8, 4) is 11.1 Å². The summed E-state index contributed by atoms with van der Waals surface area (Å²) in [5, 5.41) is 23.4. The second-order valence-electron chi connectivity index (χ2n) is 17.8. The van der Waals surface area contributed by atoms with Crippen LogP contribution in [0.2, 0.25) is 0 Å². The Bertz CT molecular complexity index is 2920. The van der Waals surface area contributed by atoms with Crippen LogP contribution >= 0.6 is 0 Å². The third kappa shape index (κ3) is 10.4. The lowest BCUT2D eigenvalue weighted by Gasteiger charge is -2.37. The lowest BCUT2D eigenvalue weighted by molar-refractivity contribution is -0.128. The number of aromatic amines is 1. The average molecular weight is 916 g/mol. The van der Waals surface area contributed by atoms with Gasteiger partial charge in [-0.1, -0.05) is 169 Å². The molecular formula is C59H57N5O5. The van der Waals surface area contributed by atoms with Gasteiger partial charge in [0.15, 0.2) is 0 Å². The molecule has 1 heterocycles. The number of hydrogen-bond acceptors (Lipinski definition) is 6. The minimum Gasteiger partial charge on any atom is -0.449 e. The van der Waals surface area contributed by atoms with Gasteiger partial charge in [0.1, 0.15) is 18.7 Å². The van der Waals surface area contributed by atoms with Crippen molar-refractivity contribution in [2.75, 3.05) is 18.5 Å². The zero-order chi connectivity index (χ0) is 47.6. The normalized spacial score (nSPS) is 13.0. The summed E-state index contributed by atoms with van der Waals surface area (Å²) in [4.78, 5) is 46.1. The molecule has 10 heteroatoms. The zero-order valence-corrected chi connectivity index (χ0v) is 38.7. The first-order valence-corrected chi connectivity index (χ1v) is 23.7. The molecule has 9 rings (SSSR count).